The van der Waals surface area contributed by atoms with Crippen molar-refractivity contribution < 1.29 is 9.90 Å². The highest BCUT2D eigenvalue weighted by Crippen LogP contribution is 2.18. The Labute approximate surface area is 112 Å². The number of hydrogen-bond donors (Lipinski definition) is 3. The number of carbonyl (C=O) groups excluding carboxylic acids is 1. The van der Waals surface area contributed by atoms with Crippen molar-refractivity contribution >= 4 is 16.8 Å². The molecule has 102 valence electrons. The predicted molar refractivity (Wildman–Crippen MR) is 75.9 cm³/mol. The molecule has 1 heterocycles. The molecule has 2 rings (SSSR count). The van der Waals surface area contributed by atoms with E-state index in [1.165, 1.54) is 5.39 Å². The number of nitrogens with one attached hydrogen (secondary N) is 2. The number of rotatable bonds is 6. The van der Waals surface area contributed by atoms with Crippen LogP contribution in [0.3, 0.4) is 0 Å². The van der Waals surface area contributed by atoms with Crippen LogP contribution in [-0.2, 0) is 11.2 Å². The maximum atomic E-state index is 11.8. The summed E-state index contributed by atoms with van der Waals surface area (Å²) < 4.78 is 0. The van der Waals surface area contributed by atoms with Crippen LogP contribution < -0.4 is 5.32 Å². The summed E-state index contributed by atoms with van der Waals surface area (Å²) in [7, 11) is 0. The van der Waals surface area contributed by atoms with E-state index < -0.39 is 0 Å². The second-order valence-corrected chi connectivity index (χ2v) is 4.71. The van der Waals surface area contributed by atoms with Gasteiger partial charge >= 0.3 is 0 Å². The molecule has 0 bridgehead atoms. The molecule has 4 nitrogen and oxygen atoms in total. The highest BCUT2D eigenvalue weighted by Gasteiger charge is 2.10. The van der Waals surface area contributed by atoms with Crippen LogP contribution in [0.1, 0.15) is 25.3 Å². The van der Waals surface area contributed by atoms with Gasteiger partial charge in [-0.3, -0.25) is 4.79 Å². The van der Waals surface area contributed by atoms with Crippen molar-refractivity contribution in [3.05, 3.63) is 36.0 Å². The van der Waals surface area contributed by atoms with Gasteiger partial charge in [-0.05, 0) is 24.5 Å². The summed E-state index contributed by atoms with van der Waals surface area (Å²) in [5.41, 5.74) is 2.25. The van der Waals surface area contributed by atoms with Crippen LogP contribution in [-0.4, -0.2) is 28.6 Å². The number of H-pyrrole nitrogens is 1. The summed E-state index contributed by atoms with van der Waals surface area (Å²) in [6.07, 6.45) is 3.85. The molecule has 3 N–H and O–H groups in total. The summed E-state index contributed by atoms with van der Waals surface area (Å²) >= 11 is 0. The third-order valence-corrected chi connectivity index (χ3v) is 3.37. The van der Waals surface area contributed by atoms with Crippen molar-refractivity contribution in [1.29, 1.82) is 0 Å². The smallest absolute Gasteiger partial charge is 0.220 e. The third kappa shape index (κ3) is 3.35. The maximum Gasteiger partial charge on any atom is 0.220 e. The normalized spacial score (nSPS) is 12.5. The lowest BCUT2D eigenvalue weighted by Gasteiger charge is -2.13. The highest BCUT2D eigenvalue weighted by molar-refractivity contribution is 5.84. The fraction of sp³-hybridized carbons (Fsp3) is 0.400. The molecule has 0 saturated carbocycles. The maximum absolute atomic E-state index is 11.8. The Kier molecular flexibility index (Phi) is 4.58. The Morgan fingerprint density at radius 1 is 1.42 bits per heavy atom. The number of fused-ring (bicyclic) bond motifs is 1. The molecule has 1 aromatic heterocycles. The molecular formula is C15H20N2O2. The standard InChI is InChI=1S/C15H20N2O2/c1-2-12(10-18)17-15(19)8-7-11-9-16-14-6-4-3-5-13(11)14/h3-6,9,12,16,18H,2,7-8,10H2,1H3,(H,17,19). The Morgan fingerprint density at radius 3 is 2.95 bits per heavy atom. The number of aliphatic hydroxyl groups is 1. The van der Waals surface area contributed by atoms with Gasteiger partial charge in [-0.25, -0.2) is 0 Å². The molecule has 2 aromatic rings. The average molecular weight is 260 g/mol. The quantitative estimate of drug-likeness (QED) is 0.743. The molecule has 1 amide bonds. The molecule has 0 spiro atoms. The van der Waals surface area contributed by atoms with Gasteiger partial charge in [-0.2, -0.15) is 0 Å². The van der Waals surface area contributed by atoms with Crippen LogP contribution in [0.4, 0.5) is 0 Å². The van der Waals surface area contributed by atoms with Gasteiger partial charge in [0.15, 0.2) is 0 Å². The third-order valence-electron chi connectivity index (χ3n) is 3.37. The lowest BCUT2D eigenvalue weighted by molar-refractivity contribution is -0.122. The Balaban J connectivity index is 1.93. The van der Waals surface area contributed by atoms with Gasteiger partial charge in [0.25, 0.3) is 0 Å². The number of aryl methyl sites for hydroxylation is 1. The van der Waals surface area contributed by atoms with E-state index in [0.29, 0.717) is 12.8 Å². The second kappa shape index (κ2) is 6.38. The zero-order valence-corrected chi connectivity index (χ0v) is 11.1. The molecule has 0 aliphatic rings. The first kappa shape index (κ1) is 13.6. The Bertz CT molecular complexity index is 544. The van der Waals surface area contributed by atoms with Gasteiger partial charge in [0.1, 0.15) is 0 Å². The van der Waals surface area contributed by atoms with Gasteiger partial charge < -0.3 is 15.4 Å². The Morgan fingerprint density at radius 2 is 2.21 bits per heavy atom. The van der Waals surface area contributed by atoms with Crippen LogP contribution in [0.25, 0.3) is 10.9 Å². The first-order chi connectivity index (χ1) is 9.24. The van der Waals surface area contributed by atoms with E-state index in [1.54, 1.807) is 0 Å². The van der Waals surface area contributed by atoms with Gasteiger partial charge in [0.2, 0.25) is 5.91 Å². The van der Waals surface area contributed by atoms with Crippen molar-refractivity contribution in [3.63, 3.8) is 0 Å². The molecule has 0 radical (unpaired) electrons. The summed E-state index contributed by atoms with van der Waals surface area (Å²) in [4.78, 5) is 15.0. The number of aromatic amines is 1. The lowest BCUT2D eigenvalue weighted by atomic mass is 10.1. The SMILES string of the molecule is CCC(CO)NC(=O)CCc1c[nH]c2ccccc12. The molecule has 1 unspecified atom stereocenters. The number of aliphatic hydroxyl groups excluding tert-OH is 1. The predicted octanol–water partition coefficient (Wildman–Crippen LogP) is 1.99. The first-order valence-electron chi connectivity index (χ1n) is 6.69. The fourth-order valence-corrected chi connectivity index (χ4v) is 2.16. The van der Waals surface area contributed by atoms with Crippen molar-refractivity contribution in [2.24, 2.45) is 0 Å². The number of aromatic nitrogens is 1. The zero-order valence-electron chi connectivity index (χ0n) is 11.1. The van der Waals surface area contributed by atoms with Gasteiger partial charge in [-0.1, -0.05) is 25.1 Å². The van der Waals surface area contributed by atoms with E-state index in [2.05, 4.69) is 16.4 Å². The van der Waals surface area contributed by atoms with Crippen LogP contribution in [0, 0.1) is 0 Å². The number of amides is 1. The molecule has 4 heteroatoms. The van der Waals surface area contributed by atoms with Crippen molar-refractivity contribution in [3.8, 4) is 0 Å². The summed E-state index contributed by atoms with van der Waals surface area (Å²) in [6, 6.07) is 7.94. The molecule has 0 aliphatic carbocycles. The fourth-order valence-electron chi connectivity index (χ4n) is 2.16. The molecular weight excluding hydrogens is 240 g/mol. The van der Waals surface area contributed by atoms with Crippen LogP contribution in [0.15, 0.2) is 30.5 Å². The minimum absolute atomic E-state index is 0.00464. The molecule has 1 atom stereocenters. The van der Waals surface area contributed by atoms with Crippen molar-refractivity contribution in [2.75, 3.05) is 6.61 Å². The number of carbonyl (C=O) groups is 1. The van der Waals surface area contributed by atoms with E-state index in [0.717, 1.165) is 17.5 Å². The molecule has 0 saturated heterocycles. The second-order valence-electron chi connectivity index (χ2n) is 4.71. The van der Waals surface area contributed by atoms with Crippen LogP contribution >= 0.6 is 0 Å². The highest BCUT2D eigenvalue weighted by atomic mass is 16.3. The van der Waals surface area contributed by atoms with E-state index in [1.807, 2.05) is 31.3 Å². The van der Waals surface area contributed by atoms with Crippen molar-refractivity contribution in [1.82, 2.24) is 10.3 Å². The minimum atomic E-state index is -0.129. The topological polar surface area (TPSA) is 65.1 Å². The van der Waals surface area contributed by atoms with Gasteiger partial charge in [0, 0.05) is 23.5 Å². The van der Waals surface area contributed by atoms with Gasteiger partial charge in [0.05, 0.1) is 12.6 Å². The Hall–Kier alpha value is -1.81. The molecule has 0 aliphatic heterocycles. The van der Waals surface area contributed by atoms with E-state index in [-0.39, 0.29) is 18.6 Å². The lowest BCUT2D eigenvalue weighted by Crippen LogP contribution is -2.36. The first-order valence-corrected chi connectivity index (χ1v) is 6.69. The summed E-state index contributed by atoms with van der Waals surface area (Å²) in [6.45, 7) is 1.94. The largest absolute Gasteiger partial charge is 0.394 e. The molecule has 1 aromatic carbocycles. The number of benzene rings is 1. The average Bonchev–Trinajstić information content (AvgIpc) is 2.86. The van der Waals surface area contributed by atoms with E-state index in [4.69, 9.17) is 5.11 Å². The molecule has 19 heavy (non-hydrogen) atoms. The van der Waals surface area contributed by atoms with Crippen LogP contribution in [0.2, 0.25) is 0 Å². The number of para-hydroxylation sites is 1. The van der Waals surface area contributed by atoms with Gasteiger partial charge in [-0.15, -0.1) is 0 Å². The summed E-state index contributed by atoms with van der Waals surface area (Å²) in [5, 5.41) is 13.0. The van der Waals surface area contributed by atoms with Crippen molar-refractivity contribution in [2.45, 2.75) is 32.2 Å². The minimum Gasteiger partial charge on any atom is -0.394 e. The van der Waals surface area contributed by atoms with E-state index in [9.17, 15) is 4.79 Å². The zero-order chi connectivity index (χ0) is 13.7. The summed E-state index contributed by atoms with van der Waals surface area (Å²) in [5.74, 6) is -0.00817. The number of hydrogen-bond acceptors (Lipinski definition) is 2. The monoisotopic (exact) mass is 260 g/mol. The molecule has 0 fully saturated rings. The van der Waals surface area contributed by atoms with E-state index >= 15 is 0 Å². The van der Waals surface area contributed by atoms with Crippen LogP contribution in [0.5, 0.6) is 0 Å².